The van der Waals surface area contributed by atoms with Crippen LogP contribution in [0.25, 0.3) is 10.8 Å². The molecule has 5 nitrogen and oxygen atoms in total. The first kappa shape index (κ1) is 28.4. The first-order valence-corrected chi connectivity index (χ1v) is 13.5. The molecule has 0 fully saturated rings. The van der Waals surface area contributed by atoms with Crippen molar-refractivity contribution in [1.29, 1.82) is 0 Å². The van der Waals surface area contributed by atoms with E-state index in [-0.39, 0.29) is 23.7 Å². The van der Waals surface area contributed by atoms with Crippen molar-refractivity contribution in [1.82, 2.24) is 5.32 Å². The summed E-state index contributed by atoms with van der Waals surface area (Å²) in [6.45, 7) is 13.3. The number of benzene rings is 3. The van der Waals surface area contributed by atoms with Crippen LogP contribution in [0, 0.1) is 0 Å². The average Bonchev–Trinajstić information content (AvgIpc) is 2.88. The number of rotatable bonds is 14. The van der Waals surface area contributed by atoms with Crippen LogP contribution in [-0.4, -0.2) is 30.3 Å². The Morgan fingerprint density at radius 3 is 2.19 bits per heavy atom. The Bertz CT molecular complexity index is 1170. The predicted octanol–water partition coefficient (Wildman–Crippen LogP) is 7.49. The minimum Gasteiger partial charge on any atom is -0.488 e. The molecule has 0 aliphatic rings. The molecular weight excluding hydrogens is 462 g/mol. The number of fused-ring (bicyclic) bond motifs is 1. The molecule has 0 spiro atoms. The number of carbonyl (C=O) groups is 1. The first-order valence-electron chi connectivity index (χ1n) is 13.5. The third-order valence-electron chi connectivity index (χ3n) is 6.81. The summed E-state index contributed by atoms with van der Waals surface area (Å²) in [5, 5.41) is 5.21. The molecule has 0 unspecified atom stereocenters. The van der Waals surface area contributed by atoms with E-state index >= 15 is 0 Å². The van der Waals surface area contributed by atoms with Crippen LogP contribution < -0.4 is 19.5 Å². The quantitative estimate of drug-likeness (QED) is 0.231. The Kier molecular flexibility index (Phi) is 9.85. The number of aryl methyl sites for hydroxylation is 1. The van der Waals surface area contributed by atoms with E-state index in [1.165, 1.54) is 0 Å². The molecule has 1 amide bonds. The van der Waals surface area contributed by atoms with Crippen molar-refractivity contribution in [2.75, 3.05) is 13.2 Å². The van der Waals surface area contributed by atoms with Crippen molar-refractivity contribution in [3.05, 3.63) is 66.2 Å². The normalized spacial score (nSPS) is 11.8. The third-order valence-corrected chi connectivity index (χ3v) is 6.81. The number of hydrogen-bond donors (Lipinski definition) is 1. The van der Waals surface area contributed by atoms with Gasteiger partial charge in [0.25, 0.3) is 5.91 Å². The van der Waals surface area contributed by atoms with E-state index in [1.807, 2.05) is 48.5 Å². The van der Waals surface area contributed by atoms with Crippen LogP contribution in [0.1, 0.15) is 72.8 Å². The third kappa shape index (κ3) is 8.99. The molecule has 3 aromatic rings. The summed E-state index contributed by atoms with van der Waals surface area (Å²) in [5.74, 6) is 2.30. The van der Waals surface area contributed by atoms with Crippen molar-refractivity contribution in [2.24, 2.45) is 0 Å². The molecule has 0 atom stereocenters. The van der Waals surface area contributed by atoms with Crippen LogP contribution in [0.3, 0.4) is 0 Å². The Morgan fingerprint density at radius 1 is 0.784 bits per heavy atom. The summed E-state index contributed by atoms with van der Waals surface area (Å²) in [4.78, 5) is 12.3. The number of amides is 1. The maximum atomic E-state index is 12.3. The molecule has 200 valence electrons. The number of nitrogens with one attached hydrogen (secondary N) is 1. The van der Waals surface area contributed by atoms with E-state index in [0.29, 0.717) is 12.3 Å². The van der Waals surface area contributed by atoms with Gasteiger partial charge in [-0.25, -0.2) is 0 Å². The predicted molar refractivity (Wildman–Crippen MR) is 152 cm³/mol. The highest BCUT2D eigenvalue weighted by Crippen LogP contribution is 2.32. The van der Waals surface area contributed by atoms with Gasteiger partial charge in [-0.1, -0.05) is 50.2 Å². The zero-order chi connectivity index (χ0) is 26.9. The first-order chi connectivity index (χ1) is 17.6. The van der Waals surface area contributed by atoms with Gasteiger partial charge in [0, 0.05) is 12.6 Å². The molecule has 0 aliphatic heterocycles. The minimum atomic E-state index is -0.257. The lowest BCUT2D eigenvalue weighted by atomic mass is 10.0. The number of ether oxygens (including phenoxy) is 3. The molecular formula is C32H43NO4. The highest BCUT2D eigenvalue weighted by atomic mass is 16.5. The topological polar surface area (TPSA) is 56.8 Å². The zero-order valence-corrected chi connectivity index (χ0v) is 23.4. The number of hydrogen-bond acceptors (Lipinski definition) is 4. The van der Waals surface area contributed by atoms with Crippen molar-refractivity contribution in [3.63, 3.8) is 0 Å². The minimum absolute atomic E-state index is 0.0119. The fraction of sp³-hybridized carbons (Fsp3) is 0.469. The summed E-state index contributed by atoms with van der Waals surface area (Å²) in [7, 11) is 0. The van der Waals surface area contributed by atoms with Gasteiger partial charge in [0.15, 0.2) is 6.61 Å². The molecule has 0 aliphatic carbocycles. The smallest absolute Gasteiger partial charge is 0.257 e. The number of unbranched alkanes of at least 4 members (excludes halogenated alkanes) is 1. The molecule has 0 radical (unpaired) electrons. The molecule has 3 rings (SSSR count). The zero-order valence-electron chi connectivity index (χ0n) is 23.4. The van der Waals surface area contributed by atoms with Crippen molar-refractivity contribution >= 4 is 16.7 Å². The maximum absolute atomic E-state index is 12.3. The van der Waals surface area contributed by atoms with Crippen LogP contribution in [-0.2, 0) is 11.2 Å². The number of carbonyl (C=O) groups excluding carboxylic acids is 1. The lowest BCUT2D eigenvalue weighted by molar-refractivity contribution is -0.123. The molecule has 3 aromatic carbocycles. The molecule has 0 saturated carbocycles. The van der Waals surface area contributed by atoms with Gasteiger partial charge in [-0.15, -0.1) is 0 Å². The Balaban J connectivity index is 1.47. The standard InChI is InChI=1S/C32H43NO4/c1-7-31(3,4)36-28-19-17-25(29(22-28)37-32(5,6)8-2)14-11-12-20-33-30(34)23-35-27-18-16-24-13-9-10-15-26(24)21-27/h9-10,13,15-19,21-22H,7-8,11-12,14,20,23H2,1-6H3,(H,33,34). The van der Waals surface area contributed by atoms with Gasteiger partial charge >= 0.3 is 0 Å². The Hall–Kier alpha value is -3.21. The lowest BCUT2D eigenvalue weighted by Gasteiger charge is -2.29. The monoisotopic (exact) mass is 505 g/mol. The second-order valence-electron chi connectivity index (χ2n) is 10.8. The van der Waals surface area contributed by atoms with E-state index < -0.39 is 0 Å². The summed E-state index contributed by atoms with van der Waals surface area (Å²) in [6.07, 6.45) is 4.51. The SMILES string of the molecule is CCC(C)(C)Oc1ccc(CCCCNC(=O)COc2ccc3ccccc3c2)c(OC(C)(C)CC)c1. The second-order valence-corrected chi connectivity index (χ2v) is 10.8. The lowest BCUT2D eigenvalue weighted by Crippen LogP contribution is -2.29. The average molecular weight is 506 g/mol. The van der Waals surface area contributed by atoms with E-state index in [4.69, 9.17) is 14.2 Å². The molecule has 0 aromatic heterocycles. The second kappa shape index (κ2) is 12.8. The summed E-state index contributed by atoms with van der Waals surface area (Å²) in [5.41, 5.74) is 0.677. The molecule has 5 heteroatoms. The Labute approximate surface area is 222 Å². The van der Waals surface area contributed by atoms with E-state index in [9.17, 15) is 4.79 Å². The van der Waals surface area contributed by atoms with Crippen LogP contribution >= 0.6 is 0 Å². The van der Waals surface area contributed by atoms with Crippen LogP contribution in [0.5, 0.6) is 17.2 Å². The van der Waals surface area contributed by atoms with Crippen LogP contribution in [0.15, 0.2) is 60.7 Å². The summed E-state index contributed by atoms with van der Waals surface area (Å²) in [6, 6.07) is 20.1. The van der Waals surface area contributed by atoms with E-state index in [2.05, 4.69) is 59.0 Å². The van der Waals surface area contributed by atoms with Gasteiger partial charge in [-0.2, -0.15) is 0 Å². The molecule has 1 N–H and O–H groups in total. The fourth-order valence-electron chi connectivity index (χ4n) is 3.79. The van der Waals surface area contributed by atoms with Crippen LogP contribution in [0.2, 0.25) is 0 Å². The van der Waals surface area contributed by atoms with Gasteiger partial charge < -0.3 is 19.5 Å². The van der Waals surface area contributed by atoms with E-state index in [0.717, 1.165) is 59.9 Å². The summed E-state index contributed by atoms with van der Waals surface area (Å²) < 4.78 is 18.3. The van der Waals surface area contributed by atoms with Gasteiger partial charge in [0.05, 0.1) is 0 Å². The maximum Gasteiger partial charge on any atom is 0.257 e. The van der Waals surface area contributed by atoms with Crippen molar-refractivity contribution in [3.8, 4) is 17.2 Å². The van der Waals surface area contributed by atoms with Gasteiger partial charge in [-0.05, 0) is 94.3 Å². The Morgan fingerprint density at radius 2 is 1.46 bits per heavy atom. The highest BCUT2D eigenvalue weighted by molar-refractivity contribution is 5.84. The fourth-order valence-corrected chi connectivity index (χ4v) is 3.79. The summed E-state index contributed by atoms with van der Waals surface area (Å²) >= 11 is 0. The van der Waals surface area contributed by atoms with Gasteiger partial charge in [0.1, 0.15) is 28.5 Å². The van der Waals surface area contributed by atoms with Gasteiger partial charge in [-0.3, -0.25) is 4.79 Å². The van der Waals surface area contributed by atoms with Crippen molar-refractivity contribution < 1.29 is 19.0 Å². The van der Waals surface area contributed by atoms with E-state index in [1.54, 1.807) is 0 Å². The molecule has 0 heterocycles. The largest absolute Gasteiger partial charge is 0.488 e. The molecule has 0 bridgehead atoms. The van der Waals surface area contributed by atoms with Gasteiger partial charge in [0.2, 0.25) is 0 Å². The van der Waals surface area contributed by atoms with Crippen LogP contribution in [0.4, 0.5) is 0 Å². The highest BCUT2D eigenvalue weighted by Gasteiger charge is 2.21. The van der Waals surface area contributed by atoms with Crippen molar-refractivity contribution in [2.45, 2.75) is 84.8 Å². The molecule has 0 saturated heterocycles. The molecule has 37 heavy (non-hydrogen) atoms.